The number of nitrogens with zero attached hydrogens (tertiary/aromatic N) is 1. The molecule has 1 N–H and O–H groups in total. The van der Waals surface area contributed by atoms with Crippen molar-refractivity contribution >= 4 is 44.8 Å². The second-order valence-corrected chi connectivity index (χ2v) is 5.78. The summed E-state index contributed by atoms with van der Waals surface area (Å²) in [7, 11) is 0. The molecule has 0 unspecified atom stereocenters. The normalized spacial score (nSPS) is 10.7. The molecule has 0 amide bonds. The third kappa shape index (κ3) is 4.25. The van der Waals surface area contributed by atoms with Crippen molar-refractivity contribution in [3.8, 4) is 0 Å². The zero-order chi connectivity index (χ0) is 12.1. The molecule has 0 bridgehead atoms. The van der Waals surface area contributed by atoms with Crippen LogP contribution in [-0.2, 0) is 11.3 Å². The number of aliphatic carboxylic acids is 1. The van der Waals surface area contributed by atoms with Gasteiger partial charge in [0, 0.05) is 22.4 Å². The lowest BCUT2D eigenvalue weighted by atomic mass is 10.4. The topological polar surface area (TPSA) is 40.5 Å². The van der Waals surface area contributed by atoms with Crippen molar-refractivity contribution in [1.82, 2.24) is 4.90 Å². The number of carboxylic acids is 1. The van der Waals surface area contributed by atoms with E-state index >= 15 is 0 Å². The third-order valence-corrected chi connectivity index (χ3v) is 4.28. The van der Waals surface area contributed by atoms with E-state index in [1.54, 1.807) is 11.0 Å². The average molecular weight is 325 g/mol. The van der Waals surface area contributed by atoms with E-state index in [9.17, 15) is 4.79 Å². The van der Waals surface area contributed by atoms with Gasteiger partial charge in [-0.1, -0.05) is 17.7 Å². The highest BCUT2D eigenvalue weighted by atomic mass is 79.9. The lowest BCUT2D eigenvalue weighted by Crippen LogP contribution is -2.29. The highest BCUT2D eigenvalue weighted by molar-refractivity contribution is 9.10. The SMILES string of the molecule is C=CCN(CC(=O)O)Cc1cc(Br)c(Cl)s1. The van der Waals surface area contributed by atoms with Crippen LogP contribution in [-0.4, -0.2) is 29.1 Å². The summed E-state index contributed by atoms with van der Waals surface area (Å²) >= 11 is 10.7. The first-order valence-corrected chi connectivity index (χ1v) is 6.50. The third-order valence-electron chi connectivity index (χ3n) is 1.82. The fourth-order valence-corrected chi connectivity index (χ4v) is 3.08. The molecule has 0 radical (unpaired) electrons. The van der Waals surface area contributed by atoms with Crippen LogP contribution in [0, 0.1) is 0 Å². The van der Waals surface area contributed by atoms with Crippen molar-refractivity contribution in [1.29, 1.82) is 0 Å². The molecule has 0 atom stereocenters. The first-order chi connectivity index (χ1) is 7.52. The maximum atomic E-state index is 10.6. The zero-order valence-electron chi connectivity index (χ0n) is 8.45. The number of hydrogen-bond acceptors (Lipinski definition) is 3. The van der Waals surface area contributed by atoms with Crippen LogP contribution < -0.4 is 0 Å². The molecular formula is C10H11BrClNO2S. The Morgan fingerprint density at radius 3 is 2.88 bits per heavy atom. The van der Waals surface area contributed by atoms with E-state index in [0.717, 1.165) is 9.35 Å². The Morgan fingerprint density at radius 1 is 1.75 bits per heavy atom. The van der Waals surface area contributed by atoms with E-state index in [2.05, 4.69) is 22.5 Å². The number of carboxylic acid groups (broad SMARTS) is 1. The molecule has 88 valence electrons. The van der Waals surface area contributed by atoms with Crippen molar-refractivity contribution in [2.24, 2.45) is 0 Å². The second kappa shape index (κ2) is 6.39. The van der Waals surface area contributed by atoms with Crippen molar-refractivity contribution < 1.29 is 9.90 Å². The van der Waals surface area contributed by atoms with Gasteiger partial charge in [-0.05, 0) is 22.0 Å². The summed E-state index contributed by atoms with van der Waals surface area (Å²) in [4.78, 5) is 13.4. The summed E-state index contributed by atoms with van der Waals surface area (Å²) in [5.74, 6) is -0.844. The van der Waals surface area contributed by atoms with Gasteiger partial charge >= 0.3 is 5.97 Å². The predicted molar refractivity (Wildman–Crippen MR) is 70.1 cm³/mol. The van der Waals surface area contributed by atoms with Gasteiger partial charge in [-0.3, -0.25) is 9.69 Å². The molecule has 1 heterocycles. The molecule has 16 heavy (non-hydrogen) atoms. The highest BCUT2D eigenvalue weighted by Gasteiger charge is 2.11. The Balaban J connectivity index is 2.66. The van der Waals surface area contributed by atoms with Gasteiger partial charge in [0.05, 0.1) is 6.54 Å². The largest absolute Gasteiger partial charge is 0.480 e. The monoisotopic (exact) mass is 323 g/mol. The Bertz CT molecular complexity index is 375. The molecule has 0 spiro atoms. The number of halogens is 2. The van der Waals surface area contributed by atoms with Crippen molar-refractivity contribution in [3.63, 3.8) is 0 Å². The van der Waals surface area contributed by atoms with Crippen molar-refractivity contribution in [2.45, 2.75) is 6.54 Å². The molecule has 6 heteroatoms. The van der Waals surface area contributed by atoms with Gasteiger partial charge in [-0.2, -0.15) is 0 Å². The summed E-state index contributed by atoms with van der Waals surface area (Å²) in [5.41, 5.74) is 0. The Labute approximate surface area is 111 Å². The molecule has 0 aliphatic heterocycles. The smallest absolute Gasteiger partial charge is 0.317 e. The van der Waals surface area contributed by atoms with Gasteiger partial charge in [0.2, 0.25) is 0 Å². The molecule has 0 aromatic carbocycles. The fraction of sp³-hybridized carbons (Fsp3) is 0.300. The van der Waals surface area contributed by atoms with E-state index in [1.807, 2.05) is 6.07 Å². The van der Waals surface area contributed by atoms with Crippen LogP contribution in [0.1, 0.15) is 4.88 Å². The van der Waals surface area contributed by atoms with Gasteiger partial charge < -0.3 is 5.11 Å². The molecule has 0 aliphatic carbocycles. The Kier molecular flexibility index (Phi) is 5.48. The first kappa shape index (κ1) is 13.7. The number of thiophene rings is 1. The average Bonchev–Trinajstić information content (AvgIpc) is 2.45. The van der Waals surface area contributed by atoms with Gasteiger partial charge in [0.1, 0.15) is 4.34 Å². The fourth-order valence-electron chi connectivity index (χ4n) is 1.25. The number of rotatable bonds is 6. The van der Waals surface area contributed by atoms with Crippen LogP contribution in [0.2, 0.25) is 4.34 Å². The minimum atomic E-state index is -0.844. The first-order valence-electron chi connectivity index (χ1n) is 4.51. The van der Waals surface area contributed by atoms with E-state index < -0.39 is 5.97 Å². The maximum absolute atomic E-state index is 10.6. The van der Waals surface area contributed by atoms with Crippen molar-refractivity contribution in [3.05, 3.63) is 32.4 Å². The van der Waals surface area contributed by atoms with Gasteiger partial charge in [-0.25, -0.2) is 0 Å². The Hall–Kier alpha value is -0.360. The van der Waals surface area contributed by atoms with Crippen LogP contribution in [0.4, 0.5) is 0 Å². The van der Waals surface area contributed by atoms with Crippen LogP contribution in [0.5, 0.6) is 0 Å². The summed E-state index contributed by atoms with van der Waals surface area (Å²) in [6, 6.07) is 1.91. The van der Waals surface area contributed by atoms with Crippen LogP contribution in [0.3, 0.4) is 0 Å². The summed E-state index contributed by atoms with van der Waals surface area (Å²) in [6.45, 7) is 4.71. The number of hydrogen-bond donors (Lipinski definition) is 1. The molecule has 0 fully saturated rings. The molecule has 1 aromatic heterocycles. The van der Waals surface area contributed by atoms with E-state index in [0.29, 0.717) is 17.4 Å². The molecule has 0 aliphatic rings. The van der Waals surface area contributed by atoms with Gasteiger partial charge in [0.15, 0.2) is 0 Å². The molecule has 0 saturated carbocycles. The van der Waals surface area contributed by atoms with Gasteiger partial charge in [0.25, 0.3) is 0 Å². The molecule has 0 saturated heterocycles. The van der Waals surface area contributed by atoms with Crippen LogP contribution in [0.15, 0.2) is 23.2 Å². The number of carbonyl (C=O) groups is 1. The Morgan fingerprint density at radius 2 is 2.44 bits per heavy atom. The second-order valence-electron chi connectivity index (χ2n) is 3.19. The highest BCUT2D eigenvalue weighted by Crippen LogP contribution is 2.32. The van der Waals surface area contributed by atoms with Crippen LogP contribution >= 0.6 is 38.9 Å². The van der Waals surface area contributed by atoms with E-state index in [1.165, 1.54) is 11.3 Å². The summed E-state index contributed by atoms with van der Waals surface area (Å²) in [6.07, 6.45) is 1.69. The minimum Gasteiger partial charge on any atom is -0.480 e. The van der Waals surface area contributed by atoms with Crippen LogP contribution in [0.25, 0.3) is 0 Å². The lowest BCUT2D eigenvalue weighted by Gasteiger charge is -2.16. The summed E-state index contributed by atoms with van der Waals surface area (Å²) in [5, 5.41) is 8.74. The van der Waals surface area contributed by atoms with Crippen molar-refractivity contribution in [2.75, 3.05) is 13.1 Å². The molecule has 3 nitrogen and oxygen atoms in total. The quantitative estimate of drug-likeness (QED) is 0.817. The minimum absolute atomic E-state index is 0.000835. The lowest BCUT2D eigenvalue weighted by molar-refractivity contribution is -0.138. The van der Waals surface area contributed by atoms with E-state index in [-0.39, 0.29) is 6.54 Å². The molecule has 1 rings (SSSR count). The summed E-state index contributed by atoms with van der Waals surface area (Å²) < 4.78 is 1.53. The molecular weight excluding hydrogens is 314 g/mol. The van der Waals surface area contributed by atoms with Gasteiger partial charge in [-0.15, -0.1) is 17.9 Å². The predicted octanol–water partition coefficient (Wildman–Crippen LogP) is 3.24. The molecule has 1 aromatic rings. The maximum Gasteiger partial charge on any atom is 0.317 e. The zero-order valence-corrected chi connectivity index (χ0v) is 11.6. The standard InChI is InChI=1S/C10H11BrClNO2S/c1-2-3-13(6-9(14)15)5-7-4-8(11)10(12)16-7/h2,4H,1,3,5-6H2,(H,14,15). The van der Waals surface area contributed by atoms with E-state index in [4.69, 9.17) is 16.7 Å².